The molecule has 7 atom stereocenters. The summed E-state index contributed by atoms with van der Waals surface area (Å²) in [5, 5.41) is 10.8. The molecule has 0 bridgehead atoms. The van der Waals surface area contributed by atoms with Crippen LogP contribution in [0.4, 0.5) is 13.2 Å². The number of carbonyl (C=O) groups excluding carboxylic acids is 3. The van der Waals surface area contributed by atoms with Crippen LogP contribution in [0.5, 0.6) is 5.88 Å². The van der Waals surface area contributed by atoms with Crippen LogP contribution in [0.25, 0.3) is 16.7 Å². The number of ether oxygens (including phenoxy) is 1. The number of nitrogens with zero attached hydrogens (tertiary/aromatic N) is 4. The van der Waals surface area contributed by atoms with Crippen LogP contribution in [-0.2, 0) is 29.2 Å². The molecule has 1 saturated heterocycles. The van der Waals surface area contributed by atoms with Gasteiger partial charge in [-0.15, -0.1) is 0 Å². The SMILES string of the molecule is CC1CC/C=C\[C@@H]2C[C@@]2(C(=O)NS(=O)(=O)C2(C)CC2)NC(=O)[C@@H]2C[C@@H](Oc3nc4nccn4c4ccccc34)CN2C(=O)[C@@H](N)[C@H](C)C1.O=C(O)C(F)(F)F. The second-order valence-electron chi connectivity index (χ2n) is 15.3. The smallest absolute Gasteiger partial charge is 0.475 e. The van der Waals surface area contributed by atoms with E-state index in [4.69, 9.17) is 20.4 Å². The Hall–Kier alpha value is -4.78. The minimum absolute atomic E-state index is 0.0811. The summed E-state index contributed by atoms with van der Waals surface area (Å²) in [4.78, 5) is 61.3. The molecule has 2 saturated carbocycles. The topological polar surface area (TPSA) is 215 Å². The summed E-state index contributed by atoms with van der Waals surface area (Å²) in [5.41, 5.74) is 5.97. The Morgan fingerprint density at radius 2 is 1.84 bits per heavy atom. The van der Waals surface area contributed by atoms with E-state index in [-0.39, 0.29) is 43.0 Å². The van der Waals surface area contributed by atoms with Crippen LogP contribution in [0.2, 0.25) is 0 Å². The number of carbonyl (C=O) groups is 4. The van der Waals surface area contributed by atoms with Crippen molar-refractivity contribution in [1.29, 1.82) is 0 Å². The molecule has 2 aromatic heterocycles. The van der Waals surface area contributed by atoms with Gasteiger partial charge in [0, 0.05) is 24.7 Å². The summed E-state index contributed by atoms with van der Waals surface area (Å²) in [6.07, 6.45) is 5.31. The Morgan fingerprint density at radius 3 is 2.51 bits per heavy atom. The summed E-state index contributed by atoms with van der Waals surface area (Å²) in [7, 11) is -3.94. The maximum absolute atomic E-state index is 14.2. The van der Waals surface area contributed by atoms with Gasteiger partial charge in [-0.3, -0.25) is 23.5 Å². The maximum Gasteiger partial charge on any atom is 0.490 e. The van der Waals surface area contributed by atoms with Crippen LogP contribution in [-0.4, -0.2) is 97.7 Å². The number of hydrogen-bond acceptors (Lipinski definition) is 10. The highest BCUT2D eigenvalue weighted by atomic mass is 32.2. The predicted molar refractivity (Wildman–Crippen MR) is 192 cm³/mol. The van der Waals surface area contributed by atoms with Crippen LogP contribution in [0.3, 0.4) is 0 Å². The Kier molecular flexibility index (Phi) is 10.7. The van der Waals surface area contributed by atoms with E-state index in [1.807, 2.05) is 53.9 Å². The van der Waals surface area contributed by atoms with E-state index >= 15 is 0 Å². The first kappa shape index (κ1) is 39.9. The number of nitrogens with two attached hydrogens (primary N) is 1. The summed E-state index contributed by atoms with van der Waals surface area (Å²) < 4.78 is 67.4. The zero-order valence-electron chi connectivity index (χ0n) is 30.5. The van der Waals surface area contributed by atoms with Gasteiger partial charge in [0.05, 0.1) is 28.2 Å². The lowest BCUT2D eigenvalue weighted by atomic mass is 9.88. The molecular formula is C36H44F3N7O8S. The predicted octanol–water partition coefficient (Wildman–Crippen LogP) is 3.08. The first-order valence-corrected chi connectivity index (χ1v) is 19.5. The van der Waals surface area contributed by atoms with Crippen molar-refractivity contribution in [3.8, 4) is 5.88 Å². The number of fused-ring (bicyclic) bond motifs is 5. The van der Waals surface area contributed by atoms with E-state index in [9.17, 15) is 36.0 Å². The molecule has 2 aliphatic heterocycles. The largest absolute Gasteiger partial charge is 0.490 e. The number of nitrogens with one attached hydrogen (secondary N) is 2. The molecule has 4 aliphatic rings. The molecule has 15 nitrogen and oxygen atoms in total. The van der Waals surface area contributed by atoms with Gasteiger partial charge in [0.25, 0.3) is 5.91 Å². The van der Waals surface area contributed by atoms with E-state index in [0.717, 1.165) is 30.2 Å². The number of benzene rings is 1. The average molecular weight is 792 g/mol. The van der Waals surface area contributed by atoms with Gasteiger partial charge in [0.1, 0.15) is 17.7 Å². The summed E-state index contributed by atoms with van der Waals surface area (Å²) in [6, 6.07) is 5.76. The van der Waals surface area contributed by atoms with E-state index in [2.05, 4.69) is 26.9 Å². The first-order chi connectivity index (χ1) is 25.8. The number of alkyl halides is 3. The third-order valence-corrected chi connectivity index (χ3v) is 13.2. The molecule has 4 heterocycles. The lowest BCUT2D eigenvalue weighted by molar-refractivity contribution is -0.192. The zero-order valence-corrected chi connectivity index (χ0v) is 31.3. The molecular weight excluding hydrogens is 747 g/mol. The van der Waals surface area contributed by atoms with Gasteiger partial charge >= 0.3 is 12.1 Å². The number of carboxylic acid groups (broad SMARTS) is 1. The molecule has 55 heavy (non-hydrogen) atoms. The molecule has 1 aromatic carbocycles. The maximum atomic E-state index is 14.2. The molecule has 19 heteroatoms. The van der Waals surface area contributed by atoms with Crippen LogP contribution in [0.15, 0.2) is 48.8 Å². The minimum Gasteiger partial charge on any atom is -0.475 e. The summed E-state index contributed by atoms with van der Waals surface area (Å²) in [5.74, 6) is -3.90. The number of halogens is 3. The standard InChI is InChI=1S/C34H43N7O6S.C2HF3O2/c1-20-8-4-5-9-22-18-34(22,31(44)39-48(45,46)33(3)12-13-33)38-28(42)26-17-23(19-41(26)30(43)27(35)21(2)16-20)47-29-24-10-6-7-11-25(24)40-15-14-36-32(40)37-29;3-2(4,5)1(6)7/h5-7,9-11,14-15,20-23,26-27H,4,8,12-13,16-19,35H2,1-3H3,(H,38,42)(H,39,44);(H,6,7)/b9-5-;/t20?,21-,22-,23-,26+,27+,34-;/m1./s1. The van der Waals surface area contributed by atoms with Gasteiger partial charge in [-0.2, -0.15) is 18.2 Å². The number of imidazole rings is 1. The molecule has 0 radical (unpaired) electrons. The van der Waals surface area contributed by atoms with Crippen LogP contribution < -0.4 is 20.5 Å². The van der Waals surface area contributed by atoms with Crippen LogP contribution in [0, 0.1) is 17.8 Å². The lowest BCUT2D eigenvalue weighted by Gasteiger charge is -2.30. The molecule has 1 unspecified atom stereocenters. The fourth-order valence-electron chi connectivity index (χ4n) is 7.25. The van der Waals surface area contributed by atoms with Gasteiger partial charge < -0.3 is 25.8 Å². The minimum atomic E-state index is -5.08. The lowest BCUT2D eigenvalue weighted by Crippen LogP contribution is -2.58. The molecule has 7 rings (SSSR count). The number of rotatable bonds is 5. The Bertz CT molecular complexity index is 2140. The molecule has 5 N–H and O–H groups in total. The third-order valence-electron chi connectivity index (χ3n) is 11.0. The fraction of sp³-hybridized carbons (Fsp3) is 0.556. The van der Waals surface area contributed by atoms with Crippen molar-refractivity contribution in [2.75, 3.05) is 6.54 Å². The number of aromatic nitrogens is 3. The number of para-hydroxylation sites is 1. The Labute approximate surface area is 314 Å². The van der Waals surface area contributed by atoms with Gasteiger partial charge in [-0.25, -0.2) is 18.2 Å². The fourth-order valence-corrected chi connectivity index (χ4v) is 8.56. The number of carboxylic acids is 1. The van der Waals surface area contributed by atoms with Crippen molar-refractivity contribution in [3.05, 3.63) is 48.8 Å². The first-order valence-electron chi connectivity index (χ1n) is 18.1. The Morgan fingerprint density at radius 1 is 1.15 bits per heavy atom. The van der Waals surface area contributed by atoms with Crippen molar-refractivity contribution >= 4 is 50.4 Å². The van der Waals surface area contributed by atoms with Gasteiger partial charge in [0.2, 0.25) is 33.5 Å². The molecule has 3 amide bonds. The van der Waals surface area contributed by atoms with Gasteiger partial charge in [-0.05, 0) is 69.4 Å². The summed E-state index contributed by atoms with van der Waals surface area (Å²) in [6.45, 7) is 5.77. The number of allylic oxidation sites excluding steroid dienone is 1. The van der Waals surface area contributed by atoms with Gasteiger partial charge in [0.15, 0.2) is 0 Å². The normalized spacial score (nSPS) is 30.1. The van der Waals surface area contributed by atoms with Gasteiger partial charge in [-0.1, -0.05) is 38.1 Å². The zero-order chi connectivity index (χ0) is 40.1. The summed E-state index contributed by atoms with van der Waals surface area (Å²) >= 11 is 0. The van der Waals surface area contributed by atoms with Crippen molar-refractivity contribution in [2.45, 2.75) is 100 Å². The van der Waals surface area contributed by atoms with E-state index in [0.29, 0.717) is 24.5 Å². The third kappa shape index (κ3) is 8.13. The highest BCUT2D eigenvalue weighted by Crippen LogP contribution is 2.47. The quantitative estimate of drug-likeness (QED) is 0.276. The van der Waals surface area contributed by atoms with Crippen molar-refractivity contribution in [1.82, 2.24) is 29.3 Å². The molecule has 298 valence electrons. The van der Waals surface area contributed by atoms with Crippen molar-refractivity contribution in [2.24, 2.45) is 23.5 Å². The van der Waals surface area contributed by atoms with Crippen LogP contribution in [0.1, 0.15) is 65.7 Å². The molecule has 0 spiro atoms. The second kappa shape index (κ2) is 14.7. The molecule has 2 aliphatic carbocycles. The van der Waals surface area contributed by atoms with Crippen molar-refractivity contribution in [3.63, 3.8) is 0 Å². The number of hydrogen-bond donors (Lipinski definition) is 4. The highest BCUT2D eigenvalue weighted by Gasteiger charge is 2.63. The van der Waals surface area contributed by atoms with E-state index in [1.165, 1.54) is 4.90 Å². The van der Waals surface area contributed by atoms with E-state index < -0.39 is 62.5 Å². The second-order valence-corrected chi connectivity index (χ2v) is 17.5. The highest BCUT2D eigenvalue weighted by molar-refractivity contribution is 7.91. The van der Waals surface area contributed by atoms with E-state index in [1.54, 1.807) is 13.1 Å². The Balaban J connectivity index is 0.000000672. The monoisotopic (exact) mass is 791 g/mol. The van der Waals surface area contributed by atoms with Crippen molar-refractivity contribution < 1.29 is 50.6 Å². The molecule has 3 aromatic rings. The number of aliphatic carboxylic acids is 1. The number of sulfonamides is 1. The van der Waals surface area contributed by atoms with Crippen LogP contribution >= 0.6 is 0 Å². The average Bonchev–Trinajstić information content (AvgIpc) is 3.90. The number of amides is 3. The molecule has 3 fully saturated rings.